The second-order valence-electron chi connectivity index (χ2n) is 4.23. The number of hydrogen-bond donors (Lipinski definition) is 1. The molecule has 0 spiro atoms. The minimum absolute atomic E-state index is 0.595. The Morgan fingerprint density at radius 2 is 2.11 bits per heavy atom. The van der Waals surface area contributed by atoms with Gasteiger partial charge in [-0.15, -0.1) is 0 Å². The molecule has 5 nitrogen and oxygen atoms in total. The topological polar surface area (TPSA) is 59.9 Å². The summed E-state index contributed by atoms with van der Waals surface area (Å²) in [6, 6.07) is 3.80. The molecule has 1 N–H and O–H groups in total. The first-order chi connectivity index (χ1) is 9.19. The van der Waals surface area contributed by atoms with E-state index in [-0.39, 0.29) is 0 Å². The fourth-order valence-corrected chi connectivity index (χ4v) is 1.72. The predicted octanol–water partition coefficient (Wildman–Crippen LogP) is 2.50. The highest BCUT2D eigenvalue weighted by atomic mass is 16.5. The summed E-state index contributed by atoms with van der Waals surface area (Å²) in [6.45, 7) is 7.13. The van der Waals surface area contributed by atoms with Crippen molar-refractivity contribution in [2.24, 2.45) is 0 Å². The van der Waals surface area contributed by atoms with Crippen LogP contribution in [-0.2, 0) is 6.54 Å². The van der Waals surface area contributed by atoms with Crippen molar-refractivity contribution in [2.75, 3.05) is 11.9 Å². The van der Waals surface area contributed by atoms with E-state index in [1.165, 1.54) is 5.56 Å². The minimum atomic E-state index is 0.595. The van der Waals surface area contributed by atoms with Gasteiger partial charge in [0, 0.05) is 25.0 Å². The van der Waals surface area contributed by atoms with Crippen molar-refractivity contribution in [3.8, 4) is 5.88 Å². The molecule has 0 bridgehead atoms. The Bertz CT molecular complexity index is 557. The van der Waals surface area contributed by atoms with Crippen molar-refractivity contribution in [1.29, 1.82) is 0 Å². The zero-order valence-corrected chi connectivity index (χ0v) is 11.5. The first-order valence-electron chi connectivity index (χ1n) is 6.31. The fourth-order valence-electron chi connectivity index (χ4n) is 1.72. The van der Waals surface area contributed by atoms with Crippen LogP contribution in [0.15, 0.2) is 24.5 Å². The number of ether oxygens (including phenoxy) is 1. The molecule has 0 aliphatic heterocycles. The summed E-state index contributed by atoms with van der Waals surface area (Å²) in [7, 11) is 0. The third-order valence-corrected chi connectivity index (χ3v) is 2.71. The molecule has 0 aliphatic carbocycles. The fraction of sp³-hybridized carbons (Fsp3) is 0.357. The van der Waals surface area contributed by atoms with Crippen LogP contribution in [0.3, 0.4) is 0 Å². The van der Waals surface area contributed by atoms with Crippen LogP contribution in [0.1, 0.15) is 23.9 Å². The molecule has 19 heavy (non-hydrogen) atoms. The molecule has 2 rings (SSSR count). The SMILES string of the molecule is CCOc1cc(NCc2cnccc2C)nc(C)n1. The van der Waals surface area contributed by atoms with Gasteiger partial charge in [0.25, 0.3) is 0 Å². The van der Waals surface area contributed by atoms with Gasteiger partial charge in [0.2, 0.25) is 5.88 Å². The summed E-state index contributed by atoms with van der Waals surface area (Å²) < 4.78 is 5.40. The lowest BCUT2D eigenvalue weighted by molar-refractivity contribution is 0.325. The van der Waals surface area contributed by atoms with Crippen LogP contribution >= 0.6 is 0 Å². The standard InChI is InChI=1S/C14H18N4O/c1-4-19-14-7-13(17-11(3)18-14)16-9-12-8-15-6-5-10(12)2/h5-8H,4,9H2,1-3H3,(H,16,17,18). The van der Waals surface area contributed by atoms with Crippen LogP contribution in [0, 0.1) is 13.8 Å². The van der Waals surface area contributed by atoms with Gasteiger partial charge in [-0.25, -0.2) is 4.98 Å². The lowest BCUT2D eigenvalue weighted by Crippen LogP contribution is -2.06. The van der Waals surface area contributed by atoms with Crippen molar-refractivity contribution in [3.05, 3.63) is 41.5 Å². The molecule has 0 aliphatic rings. The molecule has 2 aromatic rings. The normalized spacial score (nSPS) is 10.3. The average molecular weight is 258 g/mol. The van der Waals surface area contributed by atoms with Gasteiger partial charge in [-0.3, -0.25) is 4.98 Å². The van der Waals surface area contributed by atoms with Crippen molar-refractivity contribution < 1.29 is 4.74 Å². The molecule has 0 amide bonds. The minimum Gasteiger partial charge on any atom is -0.478 e. The summed E-state index contributed by atoms with van der Waals surface area (Å²) in [4.78, 5) is 12.7. The molecular formula is C14H18N4O. The maximum absolute atomic E-state index is 5.40. The van der Waals surface area contributed by atoms with Crippen LogP contribution in [-0.4, -0.2) is 21.6 Å². The van der Waals surface area contributed by atoms with E-state index in [9.17, 15) is 0 Å². The molecular weight excluding hydrogens is 240 g/mol. The second-order valence-corrected chi connectivity index (χ2v) is 4.23. The lowest BCUT2D eigenvalue weighted by Gasteiger charge is -2.10. The quantitative estimate of drug-likeness (QED) is 0.892. The number of anilines is 1. The average Bonchev–Trinajstić information content (AvgIpc) is 2.37. The van der Waals surface area contributed by atoms with E-state index in [1.807, 2.05) is 32.2 Å². The number of pyridine rings is 1. The first-order valence-corrected chi connectivity index (χ1v) is 6.31. The van der Waals surface area contributed by atoms with Gasteiger partial charge < -0.3 is 10.1 Å². The first kappa shape index (κ1) is 13.3. The molecule has 0 atom stereocenters. The van der Waals surface area contributed by atoms with Gasteiger partial charge >= 0.3 is 0 Å². The van der Waals surface area contributed by atoms with Gasteiger partial charge in [0.1, 0.15) is 11.6 Å². The molecule has 5 heteroatoms. The van der Waals surface area contributed by atoms with E-state index < -0.39 is 0 Å². The molecule has 0 saturated carbocycles. The molecule has 0 saturated heterocycles. The van der Waals surface area contributed by atoms with E-state index >= 15 is 0 Å². The summed E-state index contributed by atoms with van der Waals surface area (Å²) in [5.74, 6) is 2.05. The second kappa shape index (κ2) is 6.13. The van der Waals surface area contributed by atoms with E-state index in [1.54, 1.807) is 6.20 Å². The lowest BCUT2D eigenvalue weighted by atomic mass is 10.1. The summed E-state index contributed by atoms with van der Waals surface area (Å²) in [5, 5.41) is 3.27. The van der Waals surface area contributed by atoms with Gasteiger partial charge in [0.15, 0.2) is 0 Å². The number of nitrogens with zero attached hydrogens (tertiary/aromatic N) is 3. The van der Waals surface area contributed by atoms with Gasteiger partial charge in [-0.1, -0.05) is 0 Å². The Morgan fingerprint density at radius 1 is 1.26 bits per heavy atom. The number of aromatic nitrogens is 3. The Hall–Kier alpha value is -2.17. The van der Waals surface area contributed by atoms with Crippen molar-refractivity contribution in [2.45, 2.75) is 27.3 Å². The molecule has 0 unspecified atom stereocenters. The van der Waals surface area contributed by atoms with Crippen LogP contribution in [0.25, 0.3) is 0 Å². The zero-order chi connectivity index (χ0) is 13.7. The van der Waals surface area contributed by atoms with Gasteiger partial charge in [-0.05, 0) is 38.0 Å². The Kier molecular flexibility index (Phi) is 4.28. The Labute approximate surface area is 113 Å². The highest BCUT2D eigenvalue weighted by Crippen LogP contribution is 2.15. The van der Waals surface area contributed by atoms with Gasteiger partial charge in [0.05, 0.1) is 6.61 Å². The number of aryl methyl sites for hydroxylation is 2. The van der Waals surface area contributed by atoms with Crippen LogP contribution in [0.5, 0.6) is 5.88 Å². The predicted molar refractivity (Wildman–Crippen MR) is 74.2 cm³/mol. The van der Waals surface area contributed by atoms with E-state index in [0.29, 0.717) is 24.9 Å². The summed E-state index contributed by atoms with van der Waals surface area (Å²) in [6.07, 6.45) is 3.65. The Morgan fingerprint density at radius 3 is 2.84 bits per heavy atom. The number of hydrogen-bond acceptors (Lipinski definition) is 5. The number of rotatable bonds is 5. The highest BCUT2D eigenvalue weighted by Gasteiger charge is 2.03. The molecule has 0 aromatic carbocycles. The van der Waals surface area contributed by atoms with Gasteiger partial charge in [-0.2, -0.15) is 4.98 Å². The summed E-state index contributed by atoms with van der Waals surface area (Å²) in [5.41, 5.74) is 2.36. The third kappa shape index (κ3) is 3.64. The molecule has 2 heterocycles. The van der Waals surface area contributed by atoms with Crippen molar-refractivity contribution >= 4 is 5.82 Å². The Balaban J connectivity index is 2.09. The molecule has 0 radical (unpaired) electrons. The molecule has 100 valence electrons. The maximum atomic E-state index is 5.40. The van der Waals surface area contributed by atoms with E-state index in [4.69, 9.17) is 4.74 Å². The zero-order valence-electron chi connectivity index (χ0n) is 11.5. The maximum Gasteiger partial charge on any atom is 0.218 e. The highest BCUT2D eigenvalue weighted by molar-refractivity contribution is 5.39. The largest absolute Gasteiger partial charge is 0.478 e. The molecule has 0 fully saturated rings. The third-order valence-electron chi connectivity index (χ3n) is 2.71. The van der Waals surface area contributed by atoms with E-state index in [0.717, 1.165) is 11.4 Å². The van der Waals surface area contributed by atoms with E-state index in [2.05, 4.69) is 27.2 Å². The van der Waals surface area contributed by atoms with Crippen LogP contribution in [0.4, 0.5) is 5.82 Å². The monoisotopic (exact) mass is 258 g/mol. The smallest absolute Gasteiger partial charge is 0.218 e. The van der Waals surface area contributed by atoms with Crippen LogP contribution < -0.4 is 10.1 Å². The van der Waals surface area contributed by atoms with Crippen molar-refractivity contribution in [1.82, 2.24) is 15.0 Å². The van der Waals surface area contributed by atoms with Crippen molar-refractivity contribution in [3.63, 3.8) is 0 Å². The summed E-state index contributed by atoms with van der Waals surface area (Å²) >= 11 is 0. The number of nitrogens with one attached hydrogen (secondary N) is 1. The molecule has 2 aromatic heterocycles. The van der Waals surface area contributed by atoms with Crippen LogP contribution in [0.2, 0.25) is 0 Å².